The lowest BCUT2D eigenvalue weighted by atomic mass is 9.84. The number of likely N-dealkylation sites (tertiary alicyclic amines) is 1. The van der Waals surface area contributed by atoms with Crippen molar-refractivity contribution < 1.29 is 27.5 Å². The number of thiophene rings is 1. The zero-order chi connectivity index (χ0) is 26.2. The van der Waals surface area contributed by atoms with Gasteiger partial charge < -0.3 is 15.4 Å². The van der Waals surface area contributed by atoms with Gasteiger partial charge in [0.05, 0.1) is 18.2 Å². The Kier molecular flexibility index (Phi) is 7.32. The molecule has 1 N–H and O–H groups in total. The number of rotatable bonds is 7. The summed E-state index contributed by atoms with van der Waals surface area (Å²) in [5, 5.41) is 18.1. The summed E-state index contributed by atoms with van der Waals surface area (Å²) in [5.74, 6) is -0.725. The fourth-order valence-corrected chi connectivity index (χ4v) is 8.14. The molecule has 2 saturated heterocycles. The van der Waals surface area contributed by atoms with Crippen molar-refractivity contribution in [2.24, 2.45) is 5.92 Å². The average Bonchev–Trinajstić information content (AvgIpc) is 3.63. The quantitative estimate of drug-likeness (QED) is 0.416. The van der Waals surface area contributed by atoms with Gasteiger partial charge in [0, 0.05) is 18.0 Å². The Bertz CT molecular complexity index is 1280. The highest BCUT2D eigenvalue weighted by Gasteiger charge is 2.54. The second kappa shape index (κ2) is 10.5. The number of amides is 2. The van der Waals surface area contributed by atoms with Crippen LogP contribution in [0.1, 0.15) is 55.3 Å². The van der Waals surface area contributed by atoms with E-state index in [4.69, 9.17) is 0 Å². The Hall–Kier alpha value is -2.83. The Morgan fingerprint density at radius 3 is 2.68 bits per heavy atom. The molecule has 2 aliphatic heterocycles. The van der Waals surface area contributed by atoms with Gasteiger partial charge in [-0.05, 0) is 36.3 Å². The van der Waals surface area contributed by atoms with E-state index < -0.39 is 28.1 Å². The number of pyridine rings is 1. The van der Waals surface area contributed by atoms with E-state index in [0.29, 0.717) is 29.1 Å². The predicted molar refractivity (Wildman–Crippen MR) is 135 cm³/mol. The predicted octanol–water partition coefficient (Wildman–Crippen LogP) is 1.69. The minimum Gasteiger partial charge on any atom is -0.619 e. The van der Waals surface area contributed by atoms with Gasteiger partial charge in [0.15, 0.2) is 18.2 Å². The lowest BCUT2D eigenvalue weighted by Crippen LogP contribution is -2.53. The third-order valence-corrected chi connectivity index (χ3v) is 10.2. The summed E-state index contributed by atoms with van der Waals surface area (Å²) in [6, 6.07) is 1.96. The minimum absolute atomic E-state index is 0.193. The summed E-state index contributed by atoms with van der Waals surface area (Å²) in [7, 11) is -4.10. The van der Waals surface area contributed by atoms with E-state index in [1.165, 1.54) is 41.0 Å². The van der Waals surface area contributed by atoms with E-state index in [2.05, 4.69) is 5.32 Å². The molecule has 1 saturated carbocycles. The van der Waals surface area contributed by atoms with Crippen molar-refractivity contribution >= 4 is 39.0 Å². The van der Waals surface area contributed by atoms with Crippen LogP contribution < -0.4 is 10.0 Å². The van der Waals surface area contributed by atoms with E-state index in [1.54, 1.807) is 16.8 Å². The van der Waals surface area contributed by atoms with Crippen molar-refractivity contribution in [1.82, 2.24) is 14.5 Å². The van der Waals surface area contributed by atoms with Crippen LogP contribution in [0, 0.1) is 11.1 Å². The smallest absolute Gasteiger partial charge is 0.252 e. The first-order chi connectivity index (χ1) is 17.8. The van der Waals surface area contributed by atoms with Crippen molar-refractivity contribution in [3.8, 4) is 0 Å². The first-order valence-electron chi connectivity index (χ1n) is 12.6. The topological polar surface area (TPSA) is 131 Å². The van der Waals surface area contributed by atoms with Gasteiger partial charge in [0.25, 0.3) is 5.91 Å². The molecule has 1 aliphatic carbocycles. The number of hydrogen-bond acceptors (Lipinski definition) is 7. The van der Waals surface area contributed by atoms with Gasteiger partial charge in [-0.25, -0.2) is 8.42 Å². The maximum atomic E-state index is 13.8. The number of aromatic nitrogens is 1. The van der Waals surface area contributed by atoms with E-state index in [0.717, 1.165) is 36.2 Å². The number of hydrogen-bond donors (Lipinski definition) is 1. The Balaban J connectivity index is 1.37. The van der Waals surface area contributed by atoms with Crippen molar-refractivity contribution in [1.29, 1.82) is 0 Å². The molecule has 3 atom stereocenters. The molecule has 198 valence electrons. The van der Waals surface area contributed by atoms with Crippen LogP contribution in [0.25, 0.3) is 0 Å². The third-order valence-electron chi connectivity index (χ3n) is 7.70. The molecule has 3 aliphatic rings. The summed E-state index contributed by atoms with van der Waals surface area (Å²) in [5.41, 5.74) is 0.485. The Morgan fingerprint density at radius 2 is 1.97 bits per heavy atom. The van der Waals surface area contributed by atoms with Crippen LogP contribution in [0.15, 0.2) is 46.2 Å². The zero-order valence-electron chi connectivity index (χ0n) is 20.3. The second-order valence-electron chi connectivity index (χ2n) is 10.0. The molecular formula is C25H30N4O6S2. The monoisotopic (exact) mass is 546 g/mol. The lowest BCUT2D eigenvalue weighted by Gasteiger charge is -2.31. The Morgan fingerprint density at radius 1 is 1.19 bits per heavy atom. The van der Waals surface area contributed by atoms with Crippen LogP contribution in [0.4, 0.5) is 0 Å². The lowest BCUT2D eigenvalue weighted by molar-refractivity contribution is -0.607. The number of carbonyl (C=O) groups is 3. The standard InChI is InChI=1S/C25H30N4O6S2/c30-22-15-29(37(34,35)19-7-4-10-27(33)14-19)21-8-11-28(23(21)22)25(32)20(13-17-5-2-1-3-6-17)26-24(31)18-9-12-36-16-18/h4,7,9-10,12,14,16-17,20-21,23H,1-3,5-6,8,11,13,15H2,(H,26,31). The summed E-state index contributed by atoms with van der Waals surface area (Å²) >= 11 is 1.39. The minimum atomic E-state index is -4.10. The largest absolute Gasteiger partial charge is 0.619 e. The van der Waals surface area contributed by atoms with Crippen LogP contribution in [-0.4, -0.2) is 66.4 Å². The second-order valence-corrected chi connectivity index (χ2v) is 12.7. The SMILES string of the molecule is O=C(NC(CC1CCCCC1)C(=O)N1CCC2C1C(=O)CN2S(=O)(=O)c1ccc[n+]([O-])c1)c1ccsc1. The number of sulfonamides is 1. The molecule has 12 heteroatoms. The van der Waals surface area contributed by atoms with Crippen molar-refractivity contribution in [2.75, 3.05) is 13.1 Å². The molecule has 0 radical (unpaired) electrons. The molecule has 10 nitrogen and oxygen atoms in total. The molecule has 0 bridgehead atoms. The molecule has 37 heavy (non-hydrogen) atoms. The number of fused-ring (bicyclic) bond motifs is 1. The van der Waals surface area contributed by atoms with Gasteiger partial charge in [0.1, 0.15) is 17.0 Å². The molecule has 0 spiro atoms. The van der Waals surface area contributed by atoms with Gasteiger partial charge in [-0.1, -0.05) is 32.1 Å². The number of Topliss-reactive ketones (excluding diaryl/α,β-unsaturated/α-hetero) is 1. The average molecular weight is 547 g/mol. The van der Waals surface area contributed by atoms with Gasteiger partial charge in [-0.3, -0.25) is 14.4 Å². The summed E-state index contributed by atoms with van der Waals surface area (Å²) in [4.78, 5) is 41.1. The number of nitrogens with zero attached hydrogens (tertiary/aromatic N) is 3. The fourth-order valence-electron chi connectivity index (χ4n) is 5.88. The molecule has 2 amide bonds. The first-order valence-corrected chi connectivity index (χ1v) is 15.0. The molecule has 5 rings (SSSR count). The molecule has 4 heterocycles. The Labute approximate surface area is 219 Å². The normalized spacial score (nSPS) is 23.7. The molecule has 0 aromatic carbocycles. The highest BCUT2D eigenvalue weighted by Crippen LogP contribution is 2.35. The van der Waals surface area contributed by atoms with E-state index in [-0.39, 0.29) is 35.6 Å². The van der Waals surface area contributed by atoms with Gasteiger partial charge >= 0.3 is 0 Å². The first kappa shape index (κ1) is 25.8. The maximum absolute atomic E-state index is 13.8. The molecule has 2 aromatic heterocycles. The van der Waals surface area contributed by atoms with E-state index >= 15 is 0 Å². The van der Waals surface area contributed by atoms with Gasteiger partial charge in [-0.15, -0.1) is 0 Å². The summed E-state index contributed by atoms with van der Waals surface area (Å²) in [6.45, 7) is -0.137. The maximum Gasteiger partial charge on any atom is 0.252 e. The molecule has 3 fully saturated rings. The van der Waals surface area contributed by atoms with Gasteiger partial charge in [0.2, 0.25) is 15.9 Å². The molecule has 3 unspecified atom stereocenters. The van der Waals surface area contributed by atoms with E-state index in [9.17, 15) is 28.0 Å². The van der Waals surface area contributed by atoms with E-state index in [1.807, 2.05) is 0 Å². The molecular weight excluding hydrogens is 516 g/mol. The van der Waals surface area contributed by atoms with Crippen molar-refractivity contribution in [3.63, 3.8) is 0 Å². The van der Waals surface area contributed by atoms with Crippen molar-refractivity contribution in [2.45, 2.75) is 68.0 Å². The van der Waals surface area contributed by atoms with Crippen LogP contribution in [0.3, 0.4) is 0 Å². The number of ketones is 1. The third kappa shape index (κ3) is 5.14. The van der Waals surface area contributed by atoms with Crippen molar-refractivity contribution in [3.05, 3.63) is 52.1 Å². The van der Waals surface area contributed by atoms with Crippen LogP contribution in [0.5, 0.6) is 0 Å². The zero-order valence-corrected chi connectivity index (χ0v) is 22.0. The number of nitrogens with one attached hydrogen (secondary N) is 1. The van der Waals surface area contributed by atoms with Crippen LogP contribution >= 0.6 is 11.3 Å². The highest BCUT2D eigenvalue weighted by molar-refractivity contribution is 7.89. The summed E-state index contributed by atoms with van der Waals surface area (Å²) in [6.07, 6.45) is 8.28. The van der Waals surface area contributed by atoms with Crippen LogP contribution in [0.2, 0.25) is 0 Å². The fraction of sp³-hybridized carbons (Fsp3) is 0.520. The highest BCUT2D eigenvalue weighted by atomic mass is 32.2. The summed E-state index contributed by atoms with van der Waals surface area (Å²) < 4.78 is 28.1. The molecule has 2 aromatic rings. The number of carbonyl (C=O) groups excluding carboxylic acids is 3. The van der Waals surface area contributed by atoms with Gasteiger partial charge in [-0.2, -0.15) is 20.4 Å². The van der Waals surface area contributed by atoms with Crippen LogP contribution in [-0.2, 0) is 19.6 Å².